The second-order valence-electron chi connectivity index (χ2n) is 3.68. The quantitative estimate of drug-likeness (QED) is 0.907. The van der Waals surface area contributed by atoms with E-state index in [0.717, 1.165) is 12.1 Å². The van der Waals surface area contributed by atoms with Gasteiger partial charge in [0.05, 0.1) is 5.56 Å². The van der Waals surface area contributed by atoms with Crippen molar-refractivity contribution < 1.29 is 17.7 Å². The van der Waals surface area contributed by atoms with Crippen LogP contribution in [0.15, 0.2) is 34.9 Å². The van der Waals surface area contributed by atoms with Gasteiger partial charge < -0.3 is 9.84 Å². The maximum Gasteiger partial charge on any atom is 0.416 e. The number of benzene rings is 1. The molecule has 0 fully saturated rings. The molecule has 18 heavy (non-hydrogen) atoms. The maximum atomic E-state index is 12.4. The molecule has 1 aromatic carbocycles. The van der Waals surface area contributed by atoms with Gasteiger partial charge in [-0.25, -0.2) is 0 Å². The van der Waals surface area contributed by atoms with Crippen LogP contribution in [0.25, 0.3) is 11.3 Å². The Hall–Kier alpha value is -1.98. The van der Waals surface area contributed by atoms with Crippen molar-refractivity contribution in [3.63, 3.8) is 0 Å². The van der Waals surface area contributed by atoms with E-state index in [9.17, 15) is 13.2 Å². The molecule has 0 bridgehead atoms. The van der Waals surface area contributed by atoms with Crippen molar-refractivity contribution in [2.75, 3.05) is 11.9 Å². The first-order chi connectivity index (χ1) is 8.50. The normalized spacial score (nSPS) is 11.6. The molecule has 0 aliphatic rings. The largest absolute Gasteiger partial charge is 0.416 e. The van der Waals surface area contributed by atoms with E-state index in [1.165, 1.54) is 12.1 Å². The molecule has 0 radical (unpaired) electrons. The van der Waals surface area contributed by atoms with Crippen molar-refractivity contribution in [2.24, 2.45) is 0 Å². The summed E-state index contributed by atoms with van der Waals surface area (Å²) in [5, 5.41) is 6.69. The molecule has 2 rings (SSSR count). The molecule has 0 unspecified atom stereocenters. The number of hydrogen-bond donors (Lipinski definition) is 1. The van der Waals surface area contributed by atoms with Crippen LogP contribution in [-0.4, -0.2) is 11.7 Å². The Morgan fingerprint density at radius 3 is 2.44 bits per heavy atom. The fourth-order valence-corrected chi connectivity index (χ4v) is 1.50. The van der Waals surface area contributed by atoms with Crippen LogP contribution < -0.4 is 5.32 Å². The Bertz CT molecular complexity index is 517. The molecule has 0 aliphatic heterocycles. The summed E-state index contributed by atoms with van der Waals surface area (Å²) in [4.78, 5) is 0. The number of aromatic nitrogens is 1. The monoisotopic (exact) mass is 256 g/mol. The molecular weight excluding hydrogens is 245 g/mol. The lowest BCUT2D eigenvalue weighted by Gasteiger charge is -2.06. The van der Waals surface area contributed by atoms with Gasteiger partial charge in [0.1, 0.15) is 0 Å². The van der Waals surface area contributed by atoms with Crippen molar-refractivity contribution in [1.29, 1.82) is 0 Å². The summed E-state index contributed by atoms with van der Waals surface area (Å²) in [6.07, 6.45) is -4.32. The highest BCUT2D eigenvalue weighted by molar-refractivity contribution is 5.61. The van der Waals surface area contributed by atoms with Crippen LogP contribution in [0.1, 0.15) is 12.5 Å². The number of anilines is 1. The van der Waals surface area contributed by atoms with E-state index in [4.69, 9.17) is 4.52 Å². The minimum absolute atomic E-state index is 0.430. The fourth-order valence-electron chi connectivity index (χ4n) is 1.50. The van der Waals surface area contributed by atoms with Crippen LogP contribution in [0.2, 0.25) is 0 Å². The van der Waals surface area contributed by atoms with Crippen LogP contribution in [-0.2, 0) is 6.18 Å². The van der Waals surface area contributed by atoms with Gasteiger partial charge in [-0.05, 0) is 19.1 Å². The zero-order chi connectivity index (χ0) is 13.2. The molecule has 1 N–H and O–H groups in total. The predicted molar refractivity (Wildman–Crippen MR) is 61.1 cm³/mol. The maximum absolute atomic E-state index is 12.4. The Balaban J connectivity index is 2.23. The topological polar surface area (TPSA) is 38.1 Å². The Morgan fingerprint density at radius 2 is 1.89 bits per heavy atom. The average Bonchev–Trinajstić information content (AvgIpc) is 2.77. The highest BCUT2D eigenvalue weighted by Crippen LogP contribution is 2.31. The van der Waals surface area contributed by atoms with Crippen LogP contribution >= 0.6 is 0 Å². The summed E-state index contributed by atoms with van der Waals surface area (Å²) in [7, 11) is 0. The lowest BCUT2D eigenvalue weighted by molar-refractivity contribution is -0.137. The first-order valence-electron chi connectivity index (χ1n) is 5.39. The minimum atomic E-state index is -4.32. The van der Waals surface area contributed by atoms with E-state index in [1.54, 1.807) is 6.07 Å². The molecular formula is C12H11F3N2O. The lowest BCUT2D eigenvalue weighted by Crippen LogP contribution is -2.03. The predicted octanol–water partition coefficient (Wildman–Crippen LogP) is 3.79. The van der Waals surface area contributed by atoms with Crippen LogP contribution in [0.4, 0.5) is 19.0 Å². The number of alkyl halides is 3. The van der Waals surface area contributed by atoms with Gasteiger partial charge in [0.25, 0.3) is 0 Å². The number of nitrogens with one attached hydrogen (secondary N) is 1. The summed E-state index contributed by atoms with van der Waals surface area (Å²) in [6, 6.07) is 6.40. The zero-order valence-corrected chi connectivity index (χ0v) is 9.58. The molecule has 96 valence electrons. The van der Waals surface area contributed by atoms with Gasteiger partial charge in [-0.1, -0.05) is 17.3 Å². The molecule has 6 heteroatoms. The fraction of sp³-hybridized carbons (Fsp3) is 0.250. The number of rotatable bonds is 3. The number of nitrogens with zero attached hydrogens (tertiary/aromatic N) is 1. The first kappa shape index (κ1) is 12.5. The molecule has 3 nitrogen and oxygen atoms in total. The Morgan fingerprint density at radius 1 is 1.22 bits per heavy atom. The number of halogens is 3. The van der Waals surface area contributed by atoms with E-state index in [0.29, 0.717) is 23.7 Å². The van der Waals surface area contributed by atoms with Gasteiger partial charge >= 0.3 is 6.18 Å². The van der Waals surface area contributed by atoms with Crippen molar-refractivity contribution in [3.05, 3.63) is 35.9 Å². The molecule has 0 spiro atoms. The van der Waals surface area contributed by atoms with E-state index >= 15 is 0 Å². The summed E-state index contributed by atoms with van der Waals surface area (Å²) in [6.45, 7) is 2.60. The SMILES string of the molecule is CCNc1cc(-c2ccc(C(F)(F)F)cc2)on1. The third-order valence-corrected chi connectivity index (χ3v) is 2.36. The molecule has 0 atom stereocenters. The molecule has 0 saturated carbocycles. The Kier molecular flexibility index (Phi) is 3.27. The van der Waals surface area contributed by atoms with E-state index in [1.807, 2.05) is 6.92 Å². The van der Waals surface area contributed by atoms with Gasteiger partial charge in [-0.2, -0.15) is 13.2 Å². The highest BCUT2D eigenvalue weighted by Gasteiger charge is 2.30. The van der Waals surface area contributed by atoms with Gasteiger partial charge in [0, 0.05) is 18.2 Å². The second kappa shape index (κ2) is 4.72. The molecule has 1 aromatic heterocycles. The van der Waals surface area contributed by atoms with E-state index in [-0.39, 0.29) is 0 Å². The third-order valence-electron chi connectivity index (χ3n) is 2.36. The lowest BCUT2D eigenvalue weighted by atomic mass is 10.1. The standard InChI is InChI=1S/C12H11F3N2O/c1-2-16-11-7-10(18-17-11)8-3-5-9(6-4-8)12(13,14)15/h3-7H,2H2,1H3,(H,16,17). The van der Waals surface area contributed by atoms with Gasteiger partial charge in [-0.3, -0.25) is 0 Å². The first-order valence-corrected chi connectivity index (χ1v) is 5.39. The van der Waals surface area contributed by atoms with Crippen LogP contribution in [0.5, 0.6) is 0 Å². The molecule has 1 heterocycles. The Labute approximate surface area is 102 Å². The van der Waals surface area contributed by atoms with Crippen molar-refractivity contribution >= 4 is 5.82 Å². The molecule has 2 aromatic rings. The summed E-state index contributed by atoms with van der Waals surface area (Å²) in [5.41, 5.74) is -0.127. The minimum Gasteiger partial charge on any atom is -0.368 e. The molecule has 0 amide bonds. The van der Waals surface area contributed by atoms with E-state index in [2.05, 4.69) is 10.5 Å². The second-order valence-corrected chi connectivity index (χ2v) is 3.68. The smallest absolute Gasteiger partial charge is 0.368 e. The van der Waals surface area contributed by atoms with Crippen LogP contribution in [0, 0.1) is 0 Å². The summed E-state index contributed by atoms with van der Waals surface area (Å²) in [5.74, 6) is 0.993. The van der Waals surface area contributed by atoms with Gasteiger partial charge in [-0.15, -0.1) is 0 Å². The van der Waals surface area contributed by atoms with Crippen LogP contribution in [0.3, 0.4) is 0 Å². The highest BCUT2D eigenvalue weighted by atomic mass is 19.4. The average molecular weight is 256 g/mol. The summed E-state index contributed by atoms with van der Waals surface area (Å²) >= 11 is 0. The third kappa shape index (κ3) is 2.64. The molecule has 0 saturated heterocycles. The summed E-state index contributed by atoms with van der Waals surface area (Å²) < 4.78 is 42.2. The van der Waals surface area contributed by atoms with Crippen molar-refractivity contribution in [2.45, 2.75) is 13.1 Å². The zero-order valence-electron chi connectivity index (χ0n) is 9.58. The van der Waals surface area contributed by atoms with Crippen molar-refractivity contribution in [3.8, 4) is 11.3 Å². The van der Waals surface area contributed by atoms with Gasteiger partial charge in [0.2, 0.25) is 0 Å². The number of hydrogen-bond acceptors (Lipinski definition) is 3. The van der Waals surface area contributed by atoms with Gasteiger partial charge in [0.15, 0.2) is 11.6 Å². The molecule has 0 aliphatic carbocycles. The van der Waals surface area contributed by atoms with Crippen molar-refractivity contribution in [1.82, 2.24) is 5.16 Å². The van der Waals surface area contributed by atoms with E-state index < -0.39 is 11.7 Å².